The molecule has 4 nitrogen and oxygen atoms in total. The number of ether oxygens (including phenoxy) is 2. The summed E-state index contributed by atoms with van der Waals surface area (Å²) in [6.45, 7) is 8.60. The highest BCUT2D eigenvalue weighted by Crippen LogP contribution is 2.35. The van der Waals surface area contributed by atoms with Crippen LogP contribution in [0.2, 0.25) is 0 Å². The van der Waals surface area contributed by atoms with Gasteiger partial charge in [0.1, 0.15) is 0 Å². The Morgan fingerprint density at radius 2 is 2.06 bits per heavy atom. The molecule has 1 rings (SSSR count). The Hall–Kier alpha value is -0.160. The smallest absolute Gasteiger partial charge is 0.0709 e. The largest absolute Gasteiger partial charge is 0.383 e. The van der Waals surface area contributed by atoms with Gasteiger partial charge in [0.05, 0.1) is 12.7 Å². The second kappa shape index (κ2) is 8.86. The van der Waals surface area contributed by atoms with Gasteiger partial charge in [-0.2, -0.15) is 0 Å². The van der Waals surface area contributed by atoms with E-state index in [1.807, 2.05) is 6.92 Å². The molecule has 0 aromatic rings. The van der Waals surface area contributed by atoms with E-state index in [4.69, 9.17) is 15.2 Å². The minimum atomic E-state index is 0.200. The van der Waals surface area contributed by atoms with Gasteiger partial charge in [-0.1, -0.05) is 0 Å². The molecule has 0 heterocycles. The number of nitrogens with zero attached hydrogens (tertiary/aromatic N) is 1. The Morgan fingerprint density at radius 3 is 2.56 bits per heavy atom. The van der Waals surface area contributed by atoms with Crippen LogP contribution in [0.5, 0.6) is 0 Å². The van der Waals surface area contributed by atoms with E-state index in [1.165, 1.54) is 12.8 Å². The summed E-state index contributed by atoms with van der Waals surface area (Å²) in [6, 6.07) is 0.667. The van der Waals surface area contributed by atoms with Crippen LogP contribution in [-0.2, 0) is 9.47 Å². The van der Waals surface area contributed by atoms with Gasteiger partial charge in [-0.3, -0.25) is 4.90 Å². The van der Waals surface area contributed by atoms with Gasteiger partial charge in [-0.15, -0.1) is 0 Å². The van der Waals surface area contributed by atoms with E-state index in [1.54, 1.807) is 7.11 Å². The Balaban J connectivity index is 2.33. The van der Waals surface area contributed by atoms with Gasteiger partial charge in [0.2, 0.25) is 0 Å². The Kier molecular flexibility index (Phi) is 7.82. The first-order valence-electron chi connectivity index (χ1n) is 7.27. The summed E-state index contributed by atoms with van der Waals surface area (Å²) in [7, 11) is 1.77. The number of methoxy groups -OCH3 is 1. The van der Waals surface area contributed by atoms with Crippen molar-refractivity contribution >= 4 is 0 Å². The SMILES string of the molecule is CCOC(CN)CCN(CCOC)C(C)C1CC1. The Morgan fingerprint density at radius 1 is 1.33 bits per heavy atom. The standard InChI is InChI=1S/C14H30N2O2/c1-4-18-14(11-15)7-8-16(9-10-17-3)12(2)13-5-6-13/h12-14H,4-11,15H2,1-3H3. The van der Waals surface area contributed by atoms with Crippen LogP contribution < -0.4 is 5.73 Å². The molecule has 4 heteroatoms. The second-order valence-electron chi connectivity index (χ2n) is 5.21. The lowest BCUT2D eigenvalue weighted by Crippen LogP contribution is -2.40. The van der Waals surface area contributed by atoms with E-state index in [9.17, 15) is 0 Å². The maximum atomic E-state index is 5.73. The minimum absolute atomic E-state index is 0.200. The van der Waals surface area contributed by atoms with Crippen molar-refractivity contribution < 1.29 is 9.47 Å². The van der Waals surface area contributed by atoms with E-state index in [2.05, 4.69) is 11.8 Å². The number of nitrogens with two attached hydrogens (primary N) is 1. The Labute approximate surface area is 112 Å². The number of hydrogen-bond acceptors (Lipinski definition) is 4. The average Bonchev–Trinajstić information content (AvgIpc) is 3.21. The first kappa shape index (κ1) is 15.9. The lowest BCUT2D eigenvalue weighted by atomic mass is 10.1. The molecule has 1 saturated carbocycles. The molecular formula is C14H30N2O2. The molecule has 0 aromatic carbocycles. The van der Waals surface area contributed by atoms with Gasteiger partial charge >= 0.3 is 0 Å². The molecule has 0 bridgehead atoms. The molecule has 0 saturated heterocycles. The summed E-state index contributed by atoms with van der Waals surface area (Å²) in [5.74, 6) is 0.894. The highest BCUT2D eigenvalue weighted by molar-refractivity contribution is 4.85. The van der Waals surface area contributed by atoms with E-state index >= 15 is 0 Å². The molecule has 0 amide bonds. The summed E-state index contributed by atoms with van der Waals surface area (Å²) in [4.78, 5) is 2.53. The van der Waals surface area contributed by atoms with Gasteiger partial charge in [-0.05, 0) is 39.0 Å². The molecule has 0 radical (unpaired) electrons. The van der Waals surface area contributed by atoms with Crippen LogP contribution in [0.4, 0.5) is 0 Å². The minimum Gasteiger partial charge on any atom is -0.383 e. The van der Waals surface area contributed by atoms with Crippen molar-refractivity contribution in [2.75, 3.05) is 40.0 Å². The maximum absolute atomic E-state index is 5.73. The number of rotatable bonds is 11. The predicted octanol–water partition coefficient (Wildman–Crippen LogP) is 1.49. The zero-order valence-electron chi connectivity index (χ0n) is 12.2. The molecule has 0 aliphatic heterocycles. The summed E-state index contributed by atoms with van der Waals surface area (Å²) in [5, 5.41) is 0. The normalized spacial score (nSPS) is 19.2. The highest BCUT2D eigenvalue weighted by atomic mass is 16.5. The monoisotopic (exact) mass is 258 g/mol. The molecule has 1 aliphatic carbocycles. The Bertz CT molecular complexity index is 210. The summed E-state index contributed by atoms with van der Waals surface area (Å²) >= 11 is 0. The molecule has 2 N–H and O–H groups in total. The summed E-state index contributed by atoms with van der Waals surface area (Å²) < 4.78 is 10.8. The van der Waals surface area contributed by atoms with E-state index in [-0.39, 0.29) is 6.10 Å². The van der Waals surface area contributed by atoms with Gasteiger partial charge in [-0.25, -0.2) is 0 Å². The van der Waals surface area contributed by atoms with Crippen LogP contribution in [0, 0.1) is 5.92 Å². The van der Waals surface area contributed by atoms with Crippen LogP contribution in [0.25, 0.3) is 0 Å². The third kappa shape index (κ3) is 5.65. The molecule has 0 spiro atoms. The molecular weight excluding hydrogens is 228 g/mol. The molecule has 18 heavy (non-hydrogen) atoms. The van der Waals surface area contributed by atoms with E-state index < -0.39 is 0 Å². The van der Waals surface area contributed by atoms with Crippen LogP contribution >= 0.6 is 0 Å². The van der Waals surface area contributed by atoms with Gasteiger partial charge in [0.15, 0.2) is 0 Å². The van der Waals surface area contributed by atoms with Crippen LogP contribution in [0.3, 0.4) is 0 Å². The highest BCUT2D eigenvalue weighted by Gasteiger charge is 2.31. The van der Waals surface area contributed by atoms with Crippen molar-refractivity contribution in [2.45, 2.75) is 45.3 Å². The topological polar surface area (TPSA) is 47.7 Å². The average molecular weight is 258 g/mol. The van der Waals surface area contributed by atoms with Crippen molar-refractivity contribution in [3.63, 3.8) is 0 Å². The lowest BCUT2D eigenvalue weighted by Gasteiger charge is -2.30. The van der Waals surface area contributed by atoms with Crippen LogP contribution in [0.15, 0.2) is 0 Å². The first-order chi connectivity index (χ1) is 8.72. The number of hydrogen-bond donors (Lipinski definition) is 1. The fourth-order valence-corrected chi connectivity index (χ4v) is 2.42. The molecule has 1 aliphatic rings. The van der Waals surface area contributed by atoms with Crippen molar-refractivity contribution in [3.8, 4) is 0 Å². The van der Waals surface area contributed by atoms with Crippen LogP contribution in [0.1, 0.15) is 33.1 Å². The van der Waals surface area contributed by atoms with Crippen LogP contribution in [-0.4, -0.2) is 57.0 Å². The predicted molar refractivity (Wildman–Crippen MR) is 74.7 cm³/mol. The third-order valence-corrected chi connectivity index (χ3v) is 3.87. The first-order valence-corrected chi connectivity index (χ1v) is 7.27. The molecule has 2 unspecified atom stereocenters. The summed E-state index contributed by atoms with van der Waals surface area (Å²) in [5.41, 5.74) is 5.73. The van der Waals surface area contributed by atoms with Gasteiger partial charge < -0.3 is 15.2 Å². The molecule has 1 fully saturated rings. The van der Waals surface area contributed by atoms with Crippen molar-refractivity contribution in [2.24, 2.45) is 11.7 Å². The lowest BCUT2D eigenvalue weighted by molar-refractivity contribution is 0.0440. The molecule has 2 atom stereocenters. The van der Waals surface area contributed by atoms with Crippen molar-refractivity contribution in [1.82, 2.24) is 4.90 Å². The second-order valence-corrected chi connectivity index (χ2v) is 5.21. The van der Waals surface area contributed by atoms with E-state index in [0.717, 1.165) is 38.6 Å². The quantitative estimate of drug-likeness (QED) is 0.610. The fraction of sp³-hybridized carbons (Fsp3) is 1.00. The maximum Gasteiger partial charge on any atom is 0.0709 e. The zero-order valence-corrected chi connectivity index (χ0v) is 12.2. The van der Waals surface area contributed by atoms with Crippen molar-refractivity contribution in [3.05, 3.63) is 0 Å². The van der Waals surface area contributed by atoms with Gasteiger partial charge in [0.25, 0.3) is 0 Å². The summed E-state index contributed by atoms with van der Waals surface area (Å²) in [6.07, 6.45) is 3.99. The van der Waals surface area contributed by atoms with Crippen molar-refractivity contribution in [1.29, 1.82) is 0 Å². The fourth-order valence-electron chi connectivity index (χ4n) is 2.42. The third-order valence-electron chi connectivity index (χ3n) is 3.87. The van der Waals surface area contributed by atoms with E-state index in [0.29, 0.717) is 12.6 Å². The van der Waals surface area contributed by atoms with Gasteiger partial charge in [0, 0.05) is 39.4 Å². The zero-order chi connectivity index (χ0) is 13.4. The molecule has 0 aromatic heterocycles. The molecule has 108 valence electrons.